The molecule has 124 valence electrons. The lowest BCUT2D eigenvalue weighted by Crippen LogP contribution is -2.11. The Balaban J connectivity index is 2.01. The monoisotopic (exact) mass is 349 g/mol. The van der Waals surface area contributed by atoms with Gasteiger partial charge in [-0.25, -0.2) is 22.4 Å². The van der Waals surface area contributed by atoms with Gasteiger partial charge in [-0.05, 0) is 31.2 Å². The smallest absolute Gasteiger partial charge is 0.242 e. The van der Waals surface area contributed by atoms with Gasteiger partial charge in [-0.15, -0.1) is 0 Å². The molecule has 0 aliphatic carbocycles. The Morgan fingerprint density at radius 2 is 1.64 bits per heavy atom. The number of rotatable bonds is 3. The van der Waals surface area contributed by atoms with Crippen molar-refractivity contribution in [1.29, 1.82) is 0 Å². The summed E-state index contributed by atoms with van der Waals surface area (Å²) in [6.45, 7) is 1.81. The first kappa shape index (κ1) is 15.5. The van der Waals surface area contributed by atoms with Crippen LogP contribution in [0, 0.1) is 6.92 Å². The van der Waals surface area contributed by atoms with Gasteiger partial charge in [0, 0.05) is 23.3 Å². The van der Waals surface area contributed by atoms with Gasteiger partial charge in [0.15, 0.2) is 0 Å². The molecule has 0 aliphatic heterocycles. The summed E-state index contributed by atoms with van der Waals surface area (Å²) >= 11 is 0. The van der Waals surface area contributed by atoms with Crippen LogP contribution in [0.2, 0.25) is 0 Å². The van der Waals surface area contributed by atoms with Gasteiger partial charge < -0.3 is 0 Å². The normalized spacial score (nSPS) is 11.7. The summed E-state index contributed by atoms with van der Waals surface area (Å²) in [5.74, 6) is 0.639. The number of benzene rings is 2. The average Bonchev–Trinajstić information content (AvgIpc) is 3.03. The maximum absolute atomic E-state index is 13.1. The molecule has 0 amide bonds. The van der Waals surface area contributed by atoms with Gasteiger partial charge in [-0.2, -0.15) is 0 Å². The zero-order valence-corrected chi connectivity index (χ0v) is 14.3. The molecule has 0 bridgehead atoms. The van der Waals surface area contributed by atoms with Crippen LogP contribution in [0.4, 0.5) is 0 Å². The second kappa shape index (κ2) is 5.82. The maximum atomic E-state index is 13.1. The number of aryl methyl sites for hydroxylation is 1. The minimum atomic E-state index is -3.69. The molecule has 0 N–H and O–H groups in total. The lowest BCUT2D eigenvalue weighted by atomic mass is 10.1. The first-order valence-electron chi connectivity index (χ1n) is 7.78. The predicted octanol–water partition coefficient (Wildman–Crippen LogP) is 3.64. The van der Waals surface area contributed by atoms with Crippen molar-refractivity contribution in [3.05, 3.63) is 78.9 Å². The van der Waals surface area contributed by atoms with Gasteiger partial charge in [-0.3, -0.25) is 0 Å². The molecular weight excluding hydrogens is 334 g/mol. The molecule has 2 aromatic heterocycles. The van der Waals surface area contributed by atoms with E-state index in [-0.39, 0.29) is 4.90 Å². The van der Waals surface area contributed by atoms with Crippen molar-refractivity contribution in [3.8, 4) is 11.3 Å². The third-order valence-corrected chi connectivity index (χ3v) is 5.72. The summed E-state index contributed by atoms with van der Waals surface area (Å²) in [5, 5.41) is 0.833. The van der Waals surface area contributed by atoms with Crippen LogP contribution in [0.1, 0.15) is 5.82 Å². The Labute approximate surface area is 145 Å². The van der Waals surface area contributed by atoms with Crippen molar-refractivity contribution < 1.29 is 8.42 Å². The molecule has 6 heteroatoms. The van der Waals surface area contributed by atoms with E-state index in [1.54, 1.807) is 54.9 Å². The van der Waals surface area contributed by atoms with Gasteiger partial charge in [0.25, 0.3) is 10.0 Å². The van der Waals surface area contributed by atoms with Gasteiger partial charge in [0.05, 0.1) is 16.1 Å². The molecule has 5 nitrogen and oxygen atoms in total. The quantitative estimate of drug-likeness (QED) is 0.566. The minimum Gasteiger partial charge on any atom is -0.242 e. The fraction of sp³-hybridized carbons (Fsp3) is 0.0526. The fourth-order valence-corrected chi connectivity index (χ4v) is 4.26. The molecule has 2 aromatic carbocycles. The minimum absolute atomic E-state index is 0.251. The topological polar surface area (TPSA) is 64.8 Å². The van der Waals surface area contributed by atoms with E-state index in [4.69, 9.17) is 0 Å². The molecule has 0 spiro atoms. The van der Waals surface area contributed by atoms with Gasteiger partial charge in [-0.1, -0.05) is 36.4 Å². The second-order valence-electron chi connectivity index (χ2n) is 5.66. The van der Waals surface area contributed by atoms with Gasteiger partial charge in [0.1, 0.15) is 5.82 Å². The molecular formula is C19H15N3O2S. The van der Waals surface area contributed by atoms with Gasteiger partial charge in [0.2, 0.25) is 0 Å². The number of aromatic nitrogens is 3. The summed E-state index contributed by atoms with van der Waals surface area (Å²) in [4.78, 5) is 8.81. The Hall–Kier alpha value is -2.99. The molecule has 0 atom stereocenters. The summed E-state index contributed by atoms with van der Waals surface area (Å²) in [7, 11) is -3.69. The summed E-state index contributed by atoms with van der Waals surface area (Å²) in [5.41, 5.74) is 2.09. The molecule has 0 saturated carbocycles. The molecule has 0 aliphatic rings. The first-order chi connectivity index (χ1) is 12.1. The van der Waals surface area contributed by atoms with E-state index in [2.05, 4.69) is 9.97 Å². The highest BCUT2D eigenvalue weighted by molar-refractivity contribution is 7.90. The summed E-state index contributed by atoms with van der Waals surface area (Å²) < 4.78 is 27.5. The Morgan fingerprint density at radius 3 is 2.40 bits per heavy atom. The maximum Gasteiger partial charge on any atom is 0.268 e. The van der Waals surface area contributed by atoms with Crippen LogP contribution in [-0.2, 0) is 10.0 Å². The number of hydrogen-bond donors (Lipinski definition) is 0. The van der Waals surface area contributed by atoms with E-state index in [0.717, 1.165) is 10.9 Å². The predicted molar refractivity (Wildman–Crippen MR) is 96.7 cm³/mol. The van der Waals surface area contributed by atoms with E-state index in [9.17, 15) is 8.42 Å². The van der Waals surface area contributed by atoms with E-state index in [0.29, 0.717) is 17.0 Å². The zero-order chi connectivity index (χ0) is 17.4. The van der Waals surface area contributed by atoms with Crippen molar-refractivity contribution >= 4 is 20.9 Å². The van der Waals surface area contributed by atoms with E-state index in [1.807, 2.05) is 25.1 Å². The molecule has 0 unspecified atom stereocenters. The largest absolute Gasteiger partial charge is 0.268 e. The van der Waals surface area contributed by atoms with Crippen LogP contribution < -0.4 is 0 Å². The molecule has 4 aromatic rings. The molecule has 25 heavy (non-hydrogen) atoms. The third kappa shape index (κ3) is 2.60. The molecule has 0 saturated heterocycles. The second-order valence-corrected chi connectivity index (χ2v) is 7.48. The van der Waals surface area contributed by atoms with E-state index < -0.39 is 10.0 Å². The van der Waals surface area contributed by atoms with E-state index >= 15 is 0 Å². The molecule has 4 rings (SSSR count). The van der Waals surface area contributed by atoms with Crippen LogP contribution in [0.3, 0.4) is 0 Å². The van der Waals surface area contributed by atoms with Crippen molar-refractivity contribution in [2.45, 2.75) is 11.8 Å². The van der Waals surface area contributed by atoms with Crippen molar-refractivity contribution in [3.63, 3.8) is 0 Å². The average molecular weight is 349 g/mol. The van der Waals surface area contributed by atoms with Crippen LogP contribution in [-0.4, -0.2) is 22.4 Å². The highest BCUT2D eigenvalue weighted by Gasteiger charge is 2.21. The molecule has 2 heterocycles. The van der Waals surface area contributed by atoms with Crippen LogP contribution in [0.15, 0.2) is 78.0 Å². The Morgan fingerprint density at radius 1 is 0.920 bits per heavy atom. The van der Waals surface area contributed by atoms with Crippen molar-refractivity contribution in [1.82, 2.24) is 13.9 Å². The van der Waals surface area contributed by atoms with Crippen LogP contribution in [0.5, 0.6) is 0 Å². The standard InChI is InChI=1S/C19H15N3O2S/c1-14-20-12-11-18(21-14)17-13-22(19-10-6-5-9-16(17)19)25(23,24)15-7-3-2-4-8-15/h2-13H,1H3. The highest BCUT2D eigenvalue weighted by atomic mass is 32.2. The van der Waals surface area contributed by atoms with Gasteiger partial charge >= 0.3 is 0 Å². The zero-order valence-electron chi connectivity index (χ0n) is 13.5. The SMILES string of the molecule is Cc1nccc(-c2cn(S(=O)(=O)c3ccccc3)c3ccccc23)n1. The van der Waals surface area contributed by atoms with Crippen LogP contribution >= 0.6 is 0 Å². The molecule has 0 fully saturated rings. The number of hydrogen-bond acceptors (Lipinski definition) is 4. The summed E-state index contributed by atoms with van der Waals surface area (Å²) in [6, 6.07) is 17.6. The number of para-hydroxylation sites is 1. The first-order valence-corrected chi connectivity index (χ1v) is 9.22. The number of nitrogens with zero attached hydrogens (tertiary/aromatic N) is 3. The highest BCUT2D eigenvalue weighted by Crippen LogP contribution is 2.31. The lowest BCUT2D eigenvalue weighted by molar-refractivity contribution is 0.589. The van der Waals surface area contributed by atoms with Crippen molar-refractivity contribution in [2.24, 2.45) is 0 Å². The van der Waals surface area contributed by atoms with Crippen LogP contribution in [0.25, 0.3) is 22.2 Å². The van der Waals surface area contributed by atoms with Crippen molar-refractivity contribution in [2.75, 3.05) is 0 Å². The fourth-order valence-electron chi connectivity index (χ4n) is 2.87. The molecule has 0 radical (unpaired) electrons. The number of fused-ring (bicyclic) bond motifs is 1. The third-order valence-electron chi connectivity index (χ3n) is 4.03. The summed E-state index contributed by atoms with van der Waals surface area (Å²) in [6.07, 6.45) is 3.31. The lowest BCUT2D eigenvalue weighted by Gasteiger charge is -2.07. The Bertz CT molecular complexity index is 1170. The van der Waals surface area contributed by atoms with E-state index in [1.165, 1.54) is 3.97 Å². The Kier molecular flexibility index (Phi) is 3.62.